The highest BCUT2D eigenvalue weighted by Gasteiger charge is 2.19. The first-order valence-corrected chi connectivity index (χ1v) is 7.39. The lowest BCUT2D eigenvalue weighted by Gasteiger charge is -2.19. The van der Waals surface area contributed by atoms with Crippen LogP contribution in [0.2, 0.25) is 0 Å². The predicted molar refractivity (Wildman–Crippen MR) is 81.4 cm³/mol. The molecule has 0 saturated heterocycles. The number of phenolic OH excluding ortho intramolecular Hbond substituents is 1. The van der Waals surface area contributed by atoms with Gasteiger partial charge in [-0.3, -0.25) is 0 Å². The number of benzene rings is 2. The minimum Gasteiger partial charge on any atom is -0.507 e. The van der Waals surface area contributed by atoms with Crippen LogP contribution in [0.5, 0.6) is 5.75 Å². The van der Waals surface area contributed by atoms with E-state index in [0.717, 1.165) is 36.8 Å². The lowest BCUT2D eigenvalue weighted by Crippen LogP contribution is -2.10. The number of aliphatic hydroxyl groups is 2. The Labute approximate surface area is 124 Å². The van der Waals surface area contributed by atoms with Gasteiger partial charge in [-0.25, -0.2) is 0 Å². The summed E-state index contributed by atoms with van der Waals surface area (Å²) in [4.78, 5) is 0. The van der Waals surface area contributed by atoms with Crippen LogP contribution in [0.15, 0.2) is 36.4 Å². The molecule has 6 rings (SSSR count). The molecule has 0 radical (unpaired) electrons. The normalized spacial score (nSPS) is 15.5. The van der Waals surface area contributed by atoms with Crippen LogP contribution in [0.4, 0.5) is 0 Å². The second kappa shape index (κ2) is 5.88. The molecule has 0 spiro atoms. The maximum atomic E-state index is 10.5. The lowest BCUT2D eigenvalue weighted by atomic mass is 9.90. The molecular formula is C18H20O3. The van der Waals surface area contributed by atoms with Crippen molar-refractivity contribution < 1.29 is 15.3 Å². The summed E-state index contributed by atoms with van der Waals surface area (Å²) in [6, 6.07) is 12.5. The first-order valence-electron chi connectivity index (χ1n) is 7.39. The second-order valence-electron chi connectivity index (χ2n) is 5.66. The van der Waals surface area contributed by atoms with Crippen LogP contribution in [-0.4, -0.2) is 21.9 Å². The van der Waals surface area contributed by atoms with E-state index in [1.807, 2.05) is 12.1 Å². The average Bonchev–Trinajstić information content (AvgIpc) is 2.50. The summed E-state index contributed by atoms with van der Waals surface area (Å²) >= 11 is 0. The molecule has 1 unspecified atom stereocenters. The summed E-state index contributed by atoms with van der Waals surface area (Å²) in [5, 5.41) is 29.8. The molecule has 2 aromatic carbocycles. The van der Waals surface area contributed by atoms with Gasteiger partial charge >= 0.3 is 0 Å². The van der Waals surface area contributed by atoms with Gasteiger partial charge in [0.2, 0.25) is 0 Å². The van der Waals surface area contributed by atoms with Crippen molar-refractivity contribution in [2.45, 2.75) is 31.8 Å². The topological polar surface area (TPSA) is 60.7 Å². The molecule has 3 nitrogen and oxygen atoms in total. The molecule has 0 amide bonds. The van der Waals surface area contributed by atoms with Crippen molar-refractivity contribution >= 4 is 0 Å². The fourth-order valence-electron chi connectivity index (χ4n) is 3.01. The predicted octanol–water partition coefficient (Wildman–Crippen LogP) is 2.30. The maximum Gasteiger partial charge on any atom is 0.124 e. The van der Waals surface area contributed by atoms with Gasteiger partial charge in [0.05, 0.1) is 6.61 Å². The van der Waals surface area contributed by atoms with Gasteiger partial charge in [0, 0.05) is 5.56 Å². The summed E-state index contributed by atoms with van der Waals surface area (Å²) in [5.74, 6) is 0.143. The van der Waals surface area contributed by atoms with E-state index in [0.29, 0.717) is 5.56 Å². The smallest absolute Gasteiger partial charge is 0.124 e. The van der Waals surface area contributed by atoms with Crippen LogP contribution in [0, 0.1) is 0 Å². The number of aliphatic hydroxyl groups excluding tert-OH is 2. The Morgan fingerprint density at radius 1 is 0.810 bits per heavy atom. The monoisotopic (exact) mass is 284 g/mol. The molecule has 0 heterocycles. The summed E-state index contributed by atoms with van der Waals surface area (Å²) in [6.45, 7) is -0.377. The van der Waals surface area contributed by atoms with Gasteiger partial charge in [-0.15, -0.1) is 0 Å². The summed E-state index contributed by atoms with van der Waals surface area (Å²) in [5.41, 5.74) is 4.71. The third-order valence-electron chi connectivity index (χ3n) is 4.29. The standard InChI is InChI=1S/C18H20O3/c19-11-16(20)17-14-7-5-12-1-3-13(4-2-12)6-8-15(10-9-14)18(17)21/h1-4,9-10,16,19-21H,5-8,11H2. The lowest BCUT2D eigenvalue weighted by molar-refractivity contribution is 0.0926. The van der Waals surface area contributed by atoms with Crippen molar-refractivity contribution in [3.63, 3.8) is 0 Å². The molecule has 0 aliphatic heterocycles. The fraction of sp³-hybridized carbons (Fsp3) is 0.333. The minimum atomic E-state index is -1.02. The fourth-order valence-corrected chi connectivity index (χ4v) is 3.01. The zero-order valence-electron chi connectivity index (χ0n) is 11.9. The number of phenols is 1. The molecule has 4 aliphatic rings. The van der Waals surface area contributed by atoms with Crippen molar-refractivity contribution in [2.24, 2.45) is 0 Å². The molecule has 2 aromatic rings. The zero-order valence-corrected chi connectivity index (χ0v) is 11.9. The number of hydrogen-bond acceptors (Lipinski definition) is 3. The highest BCUT2D eigenvalue weighted by atomic mass is 16.3. The Balaban J connectivity index is 2.07. The molecule has 1 atom stereocenters. The van der Waals surface area contributed by atoms with Crippen LogP contribution < -0.4 is 0 Å². The third kappa shape index (κ3) is 2.80. The highest BCUT2D eigenvalue weighted by molar-refractivity contribution is 5.48. The Kier molecular flexibility index (Phi) is 3.95. The van der Waals surface area contributed by atoms with Crippen LogP contribution >= 0.6 is 0 Å². The summed E-state index contributed by atoms with van der Waals surface area (Å²) < 4.78 is 0. The Bertz CT molecular complexity index is 632. The van der Waals surface area contributed by atoms with E-state index < -0.39 is 6.10 Å². The number of aromatic hydroxyl groups is 1. The largest absolute Gasteiger partial charge is 0.507 e. The summed E-state index contributed by atoms with van der Waals surface area (Å²) in [7, 11) is 0. The first-order chi connectivity index (χ1) is 10.2. The molecule has 3 heteroatoms. The van der Waals surface area contributed by atoms with E-state index in [1.165, 1.54) is 11.1 Å². The van der Waals surface area contributed by atoms with Gasteiger partial charge < -0.3 is 15.3 Å². The van der Waals surface area contributed by atoms with Crippen molar-refractivity contribution in [2.75, 3.05) is 6.61 Å². The van der Waals surface area contributed by atoms with Crippen molar-refractivity contribution in [1.82, 2.24) is 0 Å². The van der Waals surface area contributed by atoms with Gasteiger partial charge in [0.25, 0.3) is 0 Å². The average molecular weight is 284 g/mol. The van der Waals surface area contributed by atoms with Crippen molar-refractivity contribution in [1.29, 1.82) is 0 Å². The molecular weight excluding hydrogens is 264 g/mol. The molecule has 0 aromatic heterocycles. The number of aryl methyl sites for hydroxylation is 4. The van der Waals surface area contributed by atoms with Crippen LogP contribution in [0.1, 0.15) is 33.9 Å². The van der Waals surface area contributed by atoms with Gasteiger partial charge in [-0.1, -0.05) is 36.4 Å². The van der Waals surface area contributed by atoms with Gasteiger partial charge in [0.15, 0.2) is 0 Å². The number of hydrogen-bond donors (Lipinski definition) is 3. The highest BCUT2D eigenvalue weighted by Crippen LogP contribution is 2.33. The molecule has 3 N–H and O–H groups in total. The minimum absolute atomic E-state index is 0.143. The SMILES string of the molecule is OCC(O)c1c2ccc(c1O)CCc1ccc(cc1)CC2. The van der Waals surface area contributed by atoms with Crippen molar-refractivity contribution in [3.8, 4) is 5.75 Å². The zero-order chi connectivity index (χ0) is 14.8. The van der Waals surface area contributed by atoms with Gasteiger partial charge in [-0.2, -0.15) is 0 Å². The summed E-state index contributed by atoms with van der Waals surface area (Å²) in [6.07, 6.45) is 2.13. The molecule has 4 bridgehead atoms. The molecule has 21 heavy (non-hydrogen) atoms. The van der Waals surface area contributed by atoms with E-state index in [2.05, 4.69) is 24.3 Å². The maximum absolute atomic E-state index is 10.5. The van der Waals surface area contributed by atoms with Crippen LogP contribution in [0.25, 0.3) is 0 Å². The Hall–Kier alpha value is -1.84. The van der Waals surface area contributed by atoms with E-state index >= 15 is 0 Å². The van der Waals surface area contributed by atoms with Gasteiger partial charge in [0.1, 0.15) is 11.9 Å². The quantitative estimate of drug-likeness (QED) is 0.793. The molecule has 110 valence electrons. The van der Waals surface area contributed by atoms with Crippen LogP contribution in [0.3, 0.4) is 0 Å². The van der Waals surface area contributed by atoms with E-state index in [4.69, 9.17) is 0 Å². The number of rotatable bonds is 2. The van der Waals surface area contributed by atoms with E-state index in [1.54, 1.807) is 0 Å². The Morgan fingerprint density at radius 2 is 1.33 bits per heavy atom. The van der Waals surface area contributed by atoms with E-state index in [-0.39, 0.29) is 12.4 Å². The Morgan fingerprint density at radius 3 is 1.90 bits per heavy atom. The second-order valence-corrected chi connectivity index (χ2v) is 5.66. The first kappa shape index (κ1) is 14.1. The molecule has 4 aliphatic carbocycles. The molecule has 0 saturated carbocycles. The van der Waals surface area contributed by atoms with Gasteiger partial charge in [-0.05, 0) is 47.9 Å². The molecule has 0 fully saturated rings. The third-order valence-corrected chi connectivity index (χ3v) is 4.29. The van der Waals surface area contributed by atoms with E-state index in [9.17, 15) is 15.3 Å². The van der Waals surface area contributed by atoms with Crippen LogP contribution in [-0.2, 0) is 25.7 Å². The van der Waals surface area contributed by atoms with Crippen molar-refractivity contribution in [3.05, 3.63) is 64.2 Å².